The molecule has 0 atom stereocenters. The van der Waals surface area contributed by atoms with Crippen LogP contribution in [0, 0.1) is 13.8 Å². The summed E-state index contributed by atoms with van der Waals surface area (Å²) >= 11 is 0. The van der Waals surface area contributed by atoms with Gasteiger partial charge in [0.05, 0.1) is 4.90 Å². The van der Waals surface area contributed by atoms with Crippen molar-refractivity contribution in [1.82, 2.24) is 0 Å². The van der Waals surface area contributed by atoms with E-state index in [4.69, 9.17) is 0 Å². The second kappa shape index (κ2) is 5.85. The number of aryl methyl sites for hydroxylation is 2. The fourth-order valence-electron chi connectivity index (χ4n) is 1.08. The van der Waals surface area contributed by atoms with E-state index >= 15 is 0 Å². The van der Waals surface area contributed by atoms with Crippen molar-refractivity contribution in [3.05, 3.63) is 29.3 Å². The molecule has 14 heavy (non-hydrogen) atoms. The van der Waals surface area contributed by atoms with Gasteiger partial charge in [0.1, 0.15) is 10.1 Å². The molecule has 0 spiro atoms. The summed E-state index contributed by atoms with van der Waals surface area (Å²) in [7, 11) is -4.30. The summed E-state index contributed by atoms with van der Waals surface area (Å²) in [6, 6.07) is 4.62. The van der Waals surface area contributed by atoms with E-state index in [0.29, 0.717) is 5.56 Å². The van der Waals surface area contributed by atoms with E-state index in [2.05, 4.69) is 0 Å². The zero-order valence-corrected chi connectivity index (χ0v) is 11.2. The minimum atomic E-state index is -4.30. The zero-order chi connectivity index (χ0) is 9.35. The largest absolute Gasteiger partial charge is 1.00 e. The van der Waals surface area contributed by atoms with Gasteiger partial charge in [0, 0.05) is 0 Å². The van der Waals surface area contributed by atoms with Crippen LogP contribution in [0.5, 0.6) is 0 Å². The van der Waals surface area contributed by atoms with Crippen molar-refractivity contribution in [2.45, 2.75) is 18.7 Å². The predicted molar refractivity (Wildman–Crippen MR) is 47.5 cm³/mol. The van der Waals surface area contributed by atoms with Gasteiger partial charge in [-0.15, -0.1) is 0 Å². The fraction of sp³-hybridized carbons (Fsp3) is 0.250. The van der Waals surface area contributed by atoms with E-state index in [1.54, 1.807) is 19.1 Å². The zero-order valence-electron chi connectivity index (χ0n) is 8.37. The molecule has 0 bridgehead atoms. The third-order valence-corrected chi connectivity index (χ3v) is 2.60. The molecule has 1 aromatic carbocycles. The van der Waals surface area contributed by atoms with Crippen molar-refractivity contribution >= 4 is 10.1 Å². The Labute approximate surface area is 106 Å². The maximum atomic E-state index is 10.6. The summed E-state index contributed by atoms with van der Waals surface area (Å²) < 4.78 is 31.8. The van der Waals surface area contributed by atoms with Gasteiger partial charge < -0.3 is 10.0 Å². The number of hydrogen-bond acceptors (Lipinski definition) is 3. The molecule has 0 fully saturated rings. The Bertz CT molecular complexity index is 400. The van der Waals surface area contributed by atoms with Gasteiger partial charge in [0.15, 0.2) is 0 Å². The monoisotopic (exact) mass is 226 g/mol. The van der Waals surface area contributed by atoms with Gasteiger partial charge in [-0.2, -0.15) is 0 Å². The minimum absolute atomic E-state index is 0. The van der Waals surface area contributed by atoms with Gasteiger partial charge in [-0.05, 0) is 25.5 Å². The molecule has 0 aromatic heterocycles. The fourth-order valence-corrected chi connectivity index (χ4v) is 1.77. The SMILES string of the molecule is Cc1ccc(S(=O)(=O)[O-])c(C)c1.O.[Na+]. The third kappa shape index (κ3) is 4.08. The number of rotatable bonds is 1. The van der Waals surface area contributed by atoms with Crippen LogP contribution >= 0.6 is 0 Å². The van der Waals surface area contributed by atoms with Crippen molar-refractivity contribution in [3.8, 4) is 0 Å². The van der Waals surface area contributed by atoms with Gasteiger partial charge in [-0.1, -0.05) is 17.7 Å². The second-order valence-corrected chi connectivity index (χ2v) is 4.07. The number of benzene rings is 1. The van der Waals surface area contributed by atoms with Crippen molar-refractivity contribution in [1.29, 1.82) is 0 Å². The van der Waals surface area contributed by atoms with E-state index in [9.17, 15) is 13.0 Å². The molecular formula is C8H11NaO4S. The van der Waals surface area contributed by atoms with E-state index in [0.717, 1.165) is 5.56 Å². The second-order valence-electron chi connectivity index (χ2n) is 2.72. The first-order valence-electron chi connectivity index (χ1n) is 3.44. The van der Waals surface area contributed by atoms with Crippen LogP contribution in [0.25, 0.3) is 0 Å². The molecule has 0 aliphatic heterocycles. The molecule has 2 N–H and O–H groups in total. The molecule has 0 heterocycles. The first-order valence-corrected chi connectivity index (χ1v) is 4.85. The first kappa shape index (κ1) is 16.5. The standard InChI is InChI=1S/C8H10O3S.Na.H2O/c1-6-3-4-8(7(2)5-6)12(9,10)11;;/h3-5H,1-2H3,(H,9,10,11);;1H2/q;+1;/p-1. The molecule has 0 saturated heterocycles. The van der Waals surface area contributed by atoms with Crippen LogP contribution in [0.2, 0.25) is 0 Å². The van der Waals surface area contributed by atoms with Crippen LogP contribution < -0.4 is 29.6 Å². The van der Waals surface area contributed by atoms with Crippen molar-refractivity contribution in [3.63, 3.8) is 0 Å². The maximum Gasteiger partial charge on any atom is 1.00 e. The quantitative estimate of drug-likeness (QED) is 0.388. The summed E-state index contributed by atoms with van der Waals surface area (Å²) in [5, 5.41) is 0. The Balaban J connectivity index is 0. The van der Waals surface area contributed by atoms with E-state index in [1.165, 1.54) is 6.07 Å². The Morgan fingerprint density at radius 2 is 1.71 bits per heavy atom. The molecule has 4 nitrogen and oxygen atoms in total. The Kier molecular flexibility index (Phi) is 6.90. The van der Waals surface area contributed by atoms with Crippen molar-refractivity contribution in [2.24, 2.45) is 0 Å². The van der Waals surface area contributed by atoms with E-state index in [1.807, 2.05) is 6.92 Å². The van der Waals surface area contributed by atoms with E-state index < -0.39 is 10.1 Å². The summed E-state index contributed by atoms with van der Waals surface area (Å²) in [6.45, 7) is 3.45. The average Bonchev–Trinajstić information content (AvgIpc) is 1.83. The molecule has 0 radical (unpaired) electrons. The molecule has 0 saturated carbocycles. The van der Waals surface area contributed by atoms with Crippen LogP contribution in [0.15, 0.2) is 23.1 Å². The molecule has 0 aliphatic rings. The first-order chi connectivity index (χ1) is 5.41. The van der Waals surface area contributed by atoms with Crippen LogP contribution in [-0.2, 0) is 10.1 Å². The van der Waals surface area contributed by atoms with E-state index in [-0.39, 0.29) is 39.9 Å². The average molecular weight is 226 g/mol. The molecule has 0 aliphatic carbocycles. The molecular weight excluding hydrogens is 215 g/mol. The smallest absolute Gasteiger partial charge is 0.744 e. The van der Waals surface area contributed by atoms with Crippen LogP contribution in [0.4, 0.5) is 0 Å². The van der Waals surface area contributed by atoms with Gasteiger partial charge in [0.25, 0.3) is 0 Å². The van der Waals surface area contributed by atoms with Gasteiger partial charge in [0.2, 0.25) is 0 Å². The molecule has 74 valence electrons. The summed E-state index contributed by atoms with van der Waals surface area (Å²) in [5.41, 5.74) is 1.45. The Morgan fingerprint density at radius 1 is 1.21 bits per heavy atom. The number of hydrogen-bond donors (Lipinski definition) is 0. The predicted octanol–water partition coefficient (Wildman–Crippen LogP) is -2.61. The van der Waals surface area contributed by atoms with Gasteiger partial charge in [-0.3, -0.25) is 0 Å². The summed E-state index contributed by atoms with van der Waals surface area (Å²) in [6.07, 6.45) is 0. The molecule has 6 heteroatoms. The summed E-state index contributed by atoms with van der Waals surface area (Å²) in [4.78, 5) is -0.131. The van der Waals surface area contributed by atoms with Crippen molar-refractivity contribution < 1.29 is 48.0 Å². The van der Waals surface area contributed by atoms with Crippen molar-refractivity contribution in [2.75, 3.05) is 0 Å². The van der Waals surface area contributed by atoms with Gasteiger partial charge >= 0.3 is 29.6 Å². The molecule has 1 rings (SSSR count). The van der Waals surface area contributed by atoms with Crippen LogP contribution in [0.1, 0.15) is 11.1 Å². The third-order valence-electron chi connectivity index (χ3n) is 1.60. The van der Waals surface area contributed by atoms with Crippen LogP contribution in [0.3, 0.4) is 0 Å². The molecule has 1 aromatic rings. The topological polar surface area (TPSA) is 88.7 Å². The molecule has 0 unspecified atom stereocenters. The Morgan fingerprint density at radius 3 is 2.07 bits per heavy atom. The Hall–Kier alpha value is 0.0900. The van der Waals surface area contributed by atoms with Crippen LogP contribution in [-0.4, -0.2) is 18.4 Å². The van der Waals surface area contributed by atoms with Gasteiger partial charge in [-0.25, -0.2) is 8.42 Å². The maximum absolute atomic E-state index is 10.6. The minimum Gasteiger partial charge on any atom is -0.744 e. The molecule has 0 amide bonds. The normalized spacial score (nSPS) is 9.93. The summed E-state index contributed by atoms with van der Waals surface area (Å²) in [5.74, 6) is 0.